The molecule has 1 aromatic rings. The van der Waals surface area contributed by atoms with Crippen LogP contribution in [0.3, 0.4) is 0 Å². The number of hydrogen-bond donors (Lipinski definition) is 1. The van der Waals surface area contributed by atoms with Crippen LogP contribution in [0.15, 0.2) is 34.5 Å². The van der Waals surface area contributed by atoms with Gasteiger partial charge in [0.25, 0.3) is 0 Å². The predicted molar refractivity (Wildman–Crippen MR) is 123 cm³/mol. The Bertz CT molecular complexity index is 904. The van der Waals surface area contributed by atoms with Gasteiger partial charge in [-0.05, 0) is 25.5 Å². The molecule has 168 valence electrons. The van der Waals surface area contributed by atoms with Gasteiger partial charge in [0.2, 0.25) is 6.41 Å². The first-order valence-corrected chi connectivity index (χ1v) is 11.5. The Balaban J connectivity index is 2.62. The van der Waals surface area contributed by atoms with E-state index in [1.165, 1.54) is 18.9 Å². The van der Waals surface area contributed by atoms with E-state index < -0.39 is 23.8 Å². The first kappa shape index (κ1) is 25.2. The van der Waals surface area contributed by atoms with E-state index in [0.29, 0.717) is 46.5 Å². The Kier molecular flexibility index (Phi) is 9.87. The maximum absolute atomic E-state index is 13.0. The zero-order chi connectivity index (χ0) is 23.0. The second-order valence-corrected chi connectivity index (χ2v) is 8.47. The molecule has 1 aromatic carbocycles. The molecule has 2 unspecified atom stereocenters. The number of carbonyl (C=O) groups is 3. The van der Waals surface area contributed by atoms with Gasteiger partial charge in [-0.15, -0.1) is 0 Å². The van der Waals surface area contributed by atoms with E-state index in [1.54, 1.807) is 32.0 Å². The van der Waals surface area contributed by atoms with Crippen molar-refractivity contribution in [2.45, 2.75) is 19.8 Å². The van der Waals surface area contributed by atoms with Crippen molar-refractivity contribution < 1.29 is 23.9 Å². The zero-order valence-electron chi connectivity index (χ0n) is 17.4. The van der Waals surface area contributed by atoms with Crippen LogP contribution in [-0.2, 0) is 23.9 Å². The molecular formula is C21H24Cl2N2O5S. The number of hydrogen-bond acceptors (Lipinski definition) is 7. The van der Waals surface area contributed by atoms with E-state index in [2.05, 4.69) is 10.3 Å². The van der Waals surface area contributed by atoms with Crippen molar-refractivity contribution in [1.82, 2.24) is 5.32 Å². The largest absolute Gasteiger partial charge is 0.468 e. The minimum Gasteiger partial charge on any atom is -0.468 e. The van der Waals surface area contributed by atoms with Gasteiger partial charge in [0.05, 0.1) is 35.0 Å². The van der Waals surface area contributed by atoms with Crippen LogP contribution in [0.4, 0.5) is 0 Å². The fraction of sp³-hybridized carbons (Fsp3) is 0.429. The van der Waals surface area contributed by atoms with Crippen LogP contribution in [0.2, 0.25) is 10.0 Å². The van der Waals surface area contributed by atoms with Crippen LogP contribution in [0.25, 0.3) is 0 Å². The summed E-state index contributed by atoms with van der Waals surface area (Å²) in [4.78, 5) is 40.8. The second kappa shape index (κ2) is 12.1. The lowest BCUT2D eigenvalue weighted by molar-refractivity contribution is -0.144. The van der Waals surface area contributed by atoms with Gasteiger partial charge in [0.1, 0.15) is 5.92 Å². The quantitative estimate of drug-likeness (QED) is 0.308. The minimum atomic E-state index is -0.856. The second-order valence-electron chi connectivity index (χ2n) is 6.58. The third kappa shape index (κ3) is 6.02. The Morgan fingerprint density at radius 2 is 2.06 bits per heavy atom. The number of nitrogens with zero attached hydrogens (tertiary/aromatic N) is 1. The maximum Gasteiger partial charge on any atom is 0.336 e. The van der Waals surface area contributed by atoms with Gasteiger partial charge in [-0.1, -0.05) is 35.3 Å². The number of halogens is 2. The highest BCUT2D eigenvalue weighted by molar-refractivity contribution is 7.99. The molecule has 2 rings (SSSR count). The molecule has 2 atom stereocenters. The van der Waals surface area contributed by atoms with Gasteiger partial charge in [-0.2, -0.15) is 11.8 Å². The number of carbonyl (C=O) groups excluding carboxylic acids is 3. The monoisotopic (exact) mass is 486 g/mol. The number of esters is 2. The van der Waals surface area contributed by atoms with Crippen LogP contribution < -0.4 is 5.32 Å². The van der Waals surface area contributed by atoms with Crippen LogP contribution in [-0.4, -0.2) is 55.8 Å². The summed E-state index contributed by atoms with van der Waals surface area (Å²) in [5, 5.41) is 3.15. The van der Waals surface area contributed by atoms with E-state index in [9.17, 15) is 14.4 Å². The molecule has 0 spiro atoms. The summed E-state index contributed by atoms with van der Waals surface area (Å²) >= 11 is 14.2. The summed E-state index contributed by atoms with van der Waals surface area (Å²) in [5.74, 6) is -1.73. The molecule has 0 radical (unpaired) electrons. The molecule has 1 heterocycles. The maximum atomic E-state index is 13.0. The molecule has 7 nitrogen and oxygen atoms in total. The average molecular weight is 487 g/mol. The number of rotatable bonds is 10. The SMILES string of the molecule is CCOC(=O)C1=C(CSCCNC=O)N=C(C)C(C(=O)OC)C1c1cccc(Cl)c1Cl. The fourth-order valence-corrected chi connectivity index (χ4v) is 4.63. The van der Waals surface area contributed by atoms with Gasteiger partial charge in [-0.3, -0.25) is 14.6 Å². The Labute approximate surface area is 195 Å². The van der Waals surface area contributed by atoms with E-state index in [4.69, 9.17) is 32.7 Å². The predicted octanol–water partition coefficient (Wildman–Crippen LogP) is 3.64. The number of benzene rings is 1. The highest BCUT2D eigenvalue weighted by Crippen LogP contribution is 2.44. The van der Waals surface area contributed by atoms with Crippen molar-refractivity contribution in [2.75, 3.05) is 31.8 Å². The Morgan fingerprint density at radius 3 is 2.71 bits per heavy atom. The number of aliphatic imine (C=N–C) groups is 1. The molecule has 1 aliphatic rings. The summed E-state index contributed by atoms with van der Waals surface area (Å²) < 4.78 is 10.3. The molecule has 1 N–H and O–H groups in total. The number of nitrogens with one attached hydrogen (secondary N) is 1. The first-order valence-electron chi connectivity index (χ1n) is 9.59. The van der Waals surface area contributed by atoms with Crippen molar-refractivity contribution in [3.05, 3.63) is 45.1 Å². The Hall–Kier alpha value is -2.03. The molecule has 10 heteroatoms. The lowest BCUT2D eigenvalue weighted by Gasteiger charge is -2.32. The first-order chi connectivity index (χ1) is 14.9. The van der Waals surface area contributed by atoms with E-state index >= 15 is 0 Å². The van der Waals surface area contributed by atoms with Crippen LogP contribution in [0, 0.1) is 5.92 Å². The lowest BCUT2D eigenvalue weighted by atomic mass is 9.75. The molecule has 1 aliphatic heterocycles. The smallest absolute Gasteiger partial charge is 0.336 e. The number of methoxy groups -OCH3 is 1. The molecule has 31 heavy (non-hydrogen) atoms. The van der Waals surface area contributed by atoms with Gasteiger partial charge >= 0.3 is 11.9 Å². The third-order valence-electron chi connectivity index (χ3n) is 4.70. The van der Waals surface area contributed by atoms with Crippen LogP contribution in [0.5, 0.6) is 0 Å². The molecular weight excluding hydrogens is 463 g/mol. The van der Waals surface area contributed by atoms with E-state index in [1.807, 2.05) is 0 Å². The standard InChI is InChI=1S/C21H24Cl2N2O5S/c1-4-30-21(28)18-15(10-31-9-8-24-11-26)25-12(2)16(20(27)29-3)17(18)13-6-5-7-14(22)19(13)23/h5-7,11,16-17H,4,8-10H2,1-3H3,(H,24,26). The van der Waals surface area contributed by atoms with Crippen molar-refractivity contribution in [2.24, 2.45) is 10.9 Å². The fourth-order valence-electron chi connectivity index (χ4n) is 3.38. The molecule has 0 bridgehead atoms. The normalized spacial score (nSPS) is 18.3. The average Bonchev–Trinajstić information content (AvgIpc) is 2.74. The molecule has 1 amide bonds. The highest BCUT2D eigenvalue weighted by atomic mass is 35.5. The van der Waals surface area contributed by atoms with Crippen molar-refractivity contribution in [1.29, 1.82) is 0 Å². The molecule has 0 saturated carbocycles. The van der Waals surface area contributed by atoms with Gasteiger partial charge in [0, 0.05) is 29.7 Å². The highest BCUT2D eigenvalue weighted by Gasteiger charge is 2.43. The minimum absolute atomic E-state index is 0.160. The molecule has 0 aliphatic carbocycles. The van der Waals surface area contributed by atoms with Crippen molar-refractivity contribution >= 4 is 59.0 Å². The van der Waals surface area contributed by atoms with Gasteiger partial charge in [0.15, 0.2) is 0 Å². The van der Waals surface area contributed by atoms with Gasteiger partial charge in [-0.25, -0.2) is 4.79 Å². The summed E-state index contributed by atoms with van der Waals surface area (Å²) in [7, 11) is 1.28. The summed E-state index contributed by atoms with van der Waals surface area (Å²) in [5.41, 5.74) is 1.77. The van der Waals surface area contributed by atoms with E-state index in [0.717, 1.165) is 0 Å². The lowest BCUT2D eigenvalue weighted by Crippen LogP contribution is -2.37. The summed E-state index contributed by atoms with van der Waals surface area (Å²) in [6.45, 7) is 4.06. The number of ether oxygens (including phenoxy) is 2. The molecule has 0 fully saturated rings. The third-order valence-corrected chi connectivity index (χ3v) is 6.50. The van der Waals surface area contributed by atoms with Crippen LogP contribution >= 0.6 is 35.0 Å². The molecule has 0 aromatic heterocycles. The van der Waals surface area contributed by atoms with Crippen LogP contribution in [0.1, 0.15) is 25.3 Å². The number of amides is 1. The number of thioether (sulfide) groups is 1. The van der Waals surface area contributed by atoms with Gasteiger partial charge < -0.3 is 14.8 Å². The molecule has 0 saturated heterocycles. The topological polar surface area (TPSA) is 94.1 Å². The summed E-state index contributed by atoms with van der Waals surface area (Å²) in [6.07, 6.45) is 0.630. The Morgan fingerprint density at radius 1 is 1.32 bits per heavy atom. The van der Waals surface area contributed by atoms with Crippen molar-refractivity contribution in [3.63, 3.8) is 0 Å². The van der Waals surface area contributed by atoms with E-state index in [-0.39, 0.29) is 17.2 Å². The zero-order valence-corrected chi connectivity index (χ0v) is 19.8. The van der Waals surface area contributed by atoms with Crippen molar-refractivity contribution in [3.8, 4) is 0 Å². The summed E-state index contributed by atoms with van der Waals surface area (Å²) in [6, 6.07) is 5.07.